The van der Waals surface area contributed by atoms with Gasteiger partial charge in [0.05, 0.1) is 0 Å². The number of benzene rings is 1. The van der Waals surface area contributed by atoms with Gasteiger partial charge in [0.15, 0.2) is 0 Å². The number of hydrogen-bond acceptors (Lipinski definition) is 2. The Hall–Kier alpha value is -0.540. The van der Waals surface area contributed by atoms with Gasteiger partial charge < -0.3 is 5.11 Å². The summed E-state index contributed by atoms with van der Waals surface area (Å²) in [4.78, 5) is 2.44. The van der Waals surface area contributed by atoms with Gasteiger partial charge in [0.1, 0.15) is 5.75 Å². The second-order valence-electron chi connectivity index (χ2n) is 4.90. The lowest BCUT2D eigenvalue weighted by Gasteiger charge is -2.31. The van der Waals surface area contributed by atoms with Gasteiger partial charge in [-0.3, -0.25) is 4.90 Å². The topological polar surface area (TPSA) is 23.5 Å². The molecule has 1 N–H and O–H groups in total. The molecule has 0 bridgehead atoms. The predicted molar refractivity (Wildman–Crippen MR) is 74.1 cm³/mol. The van der Waals surface area contributed by atoms with E-state index in [0.29, 0.717) is 5.75 Å². The van der Waals surface area contributed by atoms with Crippen LogP contribution in [0.25, 0.3) is 0 Å². The van der Waals surface area contributed by atoms with Crippen molar-refractivity contribution in [1.82, 2.24) is 4.90 Å². The highest BCUT2D eigenvalue weighted by Gasteiger charge is 2.18. The molecule has 94 valence electrons. The van der Waals surface area contributed by atoms with Crippen LogP contribution in [0.2, 0.25) is 0 Å². The van der Waals surface area contributed by atoms with E-state index >= 15 is 0 Å². The van der Waals surface area contributed by atoms with Crippen molar-refractivity contribution in [3.8, 4) is 5.75 Å². The van der Waals surface area contributed by atoms with Crippen molar-refractivity contribution in [2.24, 2.45) is 5.92 Å². The summed E-state index contributed by atoms with van der Waals surface area (Å²) in [7, 11) is 0. The number of nitrogens with zero attached hydrogens (tertiary/aromatic N) is 1. The molecule has 3 heteroatoms. The largest absolute Gasteiger partial charge is 0.508 e. The molecule has 0 amide bonds. The maximum atomic E-state index is 9.82. The average molecular weight is 298 g/mol. The molecule has 0 aliphatic carbocycles. The summed E-state index contributed by atoms with van der Waals surface area (Å²) in [6.07, 6.45) is 3.90. The van der Waals surface area contributed by atoms with Crippen LogP contribution in [-0.4, -0.2) is 23.1 Å². The van der Waals surface area contributed by atoms with Crippen molar-refractivity contribution in [3.63, 3.8) is 0 Å². The summed E-state index contributed by atoms with van der Waals surface area (Å²) in [5.74, 6) is 1.31. The van der Waals surface area contributed by atoms with Gasteiger partial charge in [-0.1, -0.05) is 29.3 Å². The van der Waals surface area contributed by atoms with Crippen molar-refractivity contribution < 1.29 is 5.11 Å². The standard InChI is InChI=1S/C14H20BrNO/c1-2-11-5-7-16(8-6-11)10-12-9-13(15)3-4-14(12)17/h3-4,9,11,17H,2,5-8,10H2,1H3. The molecule has 0 unspecified atom stereocenters. The summed E-state index contributed by atoms with van der Waals surface area (Å²) in [6, 6.07) is 5.65. The van der Waals surface area contributed by atoms with Crippen LogP contribution in [0.15, 0.2) is 22.7 Å². The number of phenols is 1. The Morgan fingerprint density at radius 3 is 2.71 bits per heavy atom. The van der Waals surface area contributed by atoms with Gasteiger partial charge in [0, 0.05) is 16.6 Å². The zero-order valence-corrected chi connectivity index (χ0v) is 11.9. The van der Waals surface area contributed by atoms with Crippen LogP contribution < -0.4 is 0 Å². The quantitative estimate of drug-likeness (QED) is 0.918. The van der Waals surface area contributed by atoms with Crippen LogP contribution in [-0.2, 0) is 6.54 Å². The van der Waals surface area contributed by atoms with Crippen LogP contribution in [0, 0.1) is 5.92 Å². The van der Waals surface area contributed by atoms with Gasteiger partial charge in [-0.25, -0.2) is 0 Å². The van der Waals surface area contributed by atoms with E-state index in [1.807, 2.05) is 12.1 Å². The van der Waals surface area contributed by atoms with Crippen LogP contribution in [0.5, 0.6) is 5.75 Å². The molecule has 0 atom stereocenters. The highest BCUT2D eigenvalue weighted by molar-refractivity contribution is 9.10. The number of piperidine rings is 1. The first-order chi connectivity index (χ1) is 8.19. The molecule has 0 aromatic heterocycles. The number of halogens is 1. The van der Waals surface area contributed by atoms with Gasteiger partial charge in [-0.05, 0) is 50.0 Å². The van der Waals surface area contributed by atoms with Crippen molar-refractivity contribution in [3.05, 3.63) is 28.2 Å². The highest BCUT2D eigenvalue weighted by Crippen LogP contribution is 2.26. The molecule has 17 heavy (non-hydrogen) atoms. The first-order valence-corrected chi connectivity index (χ1v) is 7.18. The Morgan fingerprint density at radius 2 is 2.06 bits per heavy atom. The fraction of sp³-hybridized carbons (Fsp3) is 0.571. The molecule has 0 radical (unpaired) electrons. The molecule has 1 heterocycles. The fourth-order valence-corrected chi connectivity index (χ4v) is 2.88. The van der Waals surface area contributed by atoms with E-state index < -0.39 is 0 Å². The molecule has 0 spiro atoms. The first-order valence-electron chi connectivity index (χ1n) is 6.38. The number of hydrogen-bond donors (Lipinski definition) is 1. The summed E-state index contributed by atoms with van der Waals surface area (Å²) in [6.45, 7) is 5.46. The van der Waals surface area contributed by atoms with Crippen LogP contribution in [0.3, 0.4) is 0 Å². The molecule has 2 nitrogen and oxygen atoms in total. The number of rotatable bonds is 3. The number of likely N-dealkylation sites (tertiary alicyclic amines) is 1. The van der Waals surface area contributed by atoms with E-state index in [-0.39, 0.29) is 0 Å². The number of phenolic OH excluding ortho intramolecular Hbond substituents is 1. The summed E-state index contributed by atoms with van der Waals surface area (Å²) < 4.78 is 1.04. The molecule has 2 rings (SSSR count). The van der Waals surface area contributed by atoms with Gasteiger partial charge in [-0.2, -0.15) is 0 Å². The van der Waals surface area contributed by atoms with Gasteiger partial charge in [-0.15, -0.1) is 0 Å². The van der Waals surface area contributed by atoms with E-state index in [9.17, 15) is 5.11 Å². The smallest absolute Gasteiger partial charge is 0.120 e. The second-order valence-corrected chi connectivity index (χ2v) is 5.82. The molecular formula is C14H20BrNO. The number of aromatic hydroxyl groups is 1. The Morgan fingerprint density at radius 1 is 1.35 bits per heavy atom. The van der Waals surface area contributed by atoms with Crippen molar-refractivity contribution in [1.29, 1.82) is 0 Å². The third kappa shape index (κ3) is 3.46. The molecule has 0 saturated carbocycles. The minimum absolute atomic E-state index is 0.408. The molecular weight excluding hydrogens is 278 g/mol. The lowest BCUT2D eigenvalue weighted by Crippen LogP contribution is -2.33. The molecule has 1 aromatic carbocycles. The molecule has 1 aliphatic heterocycles. The van der Waals surface area contributed by atoms with E-state index in [1.165, 1.54) is 19.3 Å². The first kappa shape index (κ1) is 12.9. The fourth-order valence-electron chi connectivity index (χ4n) is 2.47. The Bertz CT molecular complexity index is 372. The molecule has 1 fully saturated rings. The van der Waals surface area contributed by atoms with Crippen molar-refractivity contribution in [2.75, 3.05) is 13.1 Å². The van der Waals surface area contributed by atoms with Crippen molar-refractivity contribution in [2.45, 2.75) is 32.7 Å². The molecule has 1 saturated heterocycles. The van der Waals surface area contributed by atoms with E-state index in [1.54, 1.807) is 6.07 Å². The Kier molecular flexibility index (Phi) is 4.46. The lowest BCUT2D eigenvalue weighted by atomic mass is 9.94. The predicted octanol–water partition coefficient (Wildman–Crippen LogP) is 3.78. The average Bonchev–Trinajstić information content (AvgIpc) is 2.35. The van der Waals surface area contributed by atoms with E-state index in [2.05, 4.69) is 27.8 Å². The zero-order chi connectivity index (χ0) is 12.3. The monoisotopic (exact) mass is 297 g/mol. The highest BCUT2D eigenvalue weighted by atomic mass is 79.9. The van der Waals surface area contributed by atoms with Gasteiger partial charge >= 0.3 is 0 Å². The Balaban J connectivity index is 1.95. The molecule has 1 aromatic rings. The van der Waals surface area contributed by atoms with E-state index in [4.69, 9.17) is 0 Å². The third-order valence-corrected chi connectivity index (χ3v) is 4.21. The molecule has 1 aliphatic rings. The van der Waals surface area contributed by atoms with Crippen LogP contribution in [0.4, 0.5) is 0 Å². The maximum absolute atomic E-state index is 9.82. The van der Waals surface area contributed by atoms with Gasteiger partial charge in [0.25, 0.3) is 0 Å². The maximum Gasteiger partial charge on any atom is 0.120 e. The second kappa shape index (κ2) is 5.87. The zero-order valence-electron chi connectivity index (χ0n) is 10.3. The minimum atomic E-state index is 0.408. The van der Waals surface area contributed by atoms with Crippen LogP contribution >= 0.6 is 15.9 Å². The SMILES string of the molecule is CCC1CCN(Cc2cc(Br)ccc2O)CC1. The minimum Gasteiger partial charge on any atom is -0.508 e. The lowest BCUT2D eigenvalue weighted by molar-refractivity contribution is 0.173. The normalized spacial score (nSPS) is 18.5. The summed E-state index contributed by atoms with van der Waals surface area (Å²) in [5, 5.41) is 9.82. The Labute approximate surface area is 112 Å². The van der Waals surface area contributed by atoms with Gasteiger partial charge in [0.2, 0.25) is 0 Å². The van der Waals surface area contributed by atoms with E-state index in [0.717, 1.165) is 35.6 Å². The third-order valence-electron chi connectivity index (χ3n) is 3.72. The summed E-state index contributed by atoms with van der Waals surface area (Å²) in [5.41, 5.74) is 1.02. The van der Waals surface area contributed by atoms with Crippen molar-refractivity contribution >= 4 is 15.9 Å². The van der Waals surface area contributed by atoms with Crippen LogP contribution in [0.1, 0.15) is 31.7 Å². The summed E-state index contributed by atoms with van der Waals surface area (Å²) >= 11 is 3.45.